The summed E-state index contributed by atoms with van der Waals surface area (Å²) < 4.78 is 71.6. The monoisotopic (exact) mass is 1190 g/mol. The zero-order valence-electron chi connectivity index (χ0n) is 46.8. The van der Waals surface area contributed by atoms with Gasteiger partial charge in [-0.2, -0.15) is 0 Å². The lowest BCUT2D eigenvalue weighted by Gasteiger charge is -2.34. The van der Waals surface area contributed by atoms with Gasteiger partial charge in [0.05, 0.1) is 71.3 Å². The number of imidazole rings is 1. The number of phosphoric acid groups is 2. The molecule has 13 N–H and O–H groups in total. The van der Waals surface area contributed by atoms with Gasteiger partial charge in [-0.15, -0.1) is 0 Å². The minimum atomic E-state index is -4.91. The predicted molar refractivity (Wildman–Crippen MR) is 294 cm³/mol. The van der Waals surface area contributed by atoms with Crippen molar-refractivity contribution in [1.82, 2.24) is 35.1 Å². The van der Waals surface area contributed by atoms with Crippen molar-refractivity contribution in [2.75, 3.05) is 98.4 Å². The van der Waals surface area contributed by atoms with E-state index in [9.17, 15) is 48.0 Å². The molecule has 7 atom stereocenters. The number of hydrogen-bond donors (Lipinski definition) is 9. The van der Waals surface area contributed by atoms with Crippen LogP contribution in [0, 0.1) is 0 Å². The fourth-order valence-corrected chi connectivity index (χ4v) is 10.5. The zero-order valence-corrected chi connectivity index (χ0v) is 48.6. The number of anilines is 1. The van der Waals surface area contributed by atoms with E-state index in [1.807, 2.05) is 0 Å². The third-order valence-electron chi connectivity index (χ3n) is 13.6. The normalized spacial score (nSPS) is 19.9. The summed E-state index contributed by atoms with van der Waals surface area (Å²) in [5.74, 6) is -0.609. The number of nitrogen functional groups attached to an aromatic ring is 1. The molecule has 2 aliphatic rings. The molecule has 0 radical (unpaired) electrons. The van der Waals surface area contributed by atoms with Gasteiger partial charge in [0.25, 0.3) is 0 Å². The quantitative estimate of drug-likeness (QED) is 0.0338. The van der Waals surface area contributed by atoms with Crippen molar-refractivity contribution < 1.29 is 85.0 Å². The van der Waals surface area contributed by atoms with Gasteiger partial charge >= 0.3 is 15.6 Å². The number of unbranched alkanes of at least 4 members (excludes halogenated alkanes) is 7. The minimum absolute atomic E-state index is 0.000242. The fourth-order valence-electron chi connectivity index (χ4n) is 9.12. The number of aliphatic hydroxyl groups excluding tert-OH is 1. The molecule has 0 spiro atoms. The number of nitrogens with two attached hydrogens (primary N) is 4. The number of amides is 3. The van der Waals surface area contributed by atoms with Crippen molar-refractivity contribution in [3.05, 3.63) is 12.7 Å². The van der Waals surface area contributed by atoms with Gasteiger partial charge in [0.15, 0.2) is 11.5 Å². The van der Waals surface area contributed by atoms with Gasteiger partial charge in [-0.1, -0.05) is 25.7 Å². The van der Waals surface area contributed by atoms with E-state index in [-0.39, 0.29) is 132 Å². The highest BCUT2D eigenvalue weighted by atomic mass is 31.2. The van der Waals surface area contributed by atoms with Crippen molar-refractivity contribution in [3.8, 4) is 0 Å². The van der Waals surface area contributed by atoms with Crippen LogP contribution in [0.4, 0.5) is 5.82 Å². The molecular weight excluding hydrogens is 1100 g/mol. The molecule has 462 valence electrons. The topological polar surface area (TPSA) is 429 Å². The molecule has 0 saturated carbocycles. The van der Waals surface area contributed by atoms with E-state index in [0.717, 1.165) is 32.8 Å². The van der Waals surface area contributed by atoms with Crippen LogP contribution in [0.2, 0.25) is 0 Å². The Morgan fingerprint density at radius 1 is 0.716 bits per heavy atom. The van der Waals surface area contributed by atoms with Crippen LogP contribution in [-0.4, -0.2) is 191 Å². The summed E-state index contributed by atoms with van der Waals surface area (Å²) in [6.45, 7) is 0.862. The number of ether oxygens (including phenoxy) is 4. The highest BCUT2D eigenvalue weighted by Crippen LogP contribution is 2.50. The lowest BCUT2D eigenvalue weighted by Crippen LogP contribution is -2.58. The first-order valence-electron chi connectivity index (χ1n) is 28.0. The second-order valence-electron chi connectivity index (χ2n) is 20.3. The number of Topliss-reactive ketones (excluding diaryl/α,β-unsaturated/α-hetero) is 2. The van der Waals surface area contributed by atoms with E-state index >= 15 is 0 Å². The maximum Gasteiger partial charge on any atom is 0.472 e. The molecule has 2 unspecified atom stereocenters. The van der Waals surface area contributed by atoms with Crippen LogP contribution in [0.1, 0.15) is 135 Å². The molecule has 4 rings (SSSR count). The average Bonchev–Trinajstić information content (AvgIpc) is 4.23. The molecule has 2 aromatic rings. The summed E-state index contributed by atoms with van der Waals surface area (Å²) in [5.41, 5.74) is 22.0. The summed E-state index contributed by atoms with van der Waals surface area (Å²) in [4.78, 5) is 99.0. The number of carbonyl (C=O) groups excluding carboxylic acids is 5. The molecular formula is C50H89N11O18P2. The first kappa shape index (κ1) is 69.5. The number of nitrogens with zero attached hydrogens (tertiary/aromatic N) is 5. The van der Waals surface area contributed by atoms with Crippen LogP contribution in [0.15, 0.2) is 12.7 Å². The number of aromatic nitrogens is 4. The lowest BCUT2D eigenvalue weighted by atomic mass is 10.0. The number of rotatable bonds is 46. The largest absolute Gasteiger partial charge is 0.472 e. The summed E-state index contributed by atoms with van der Waals surface area (Å²) in [6.07, 6.45) is 7.34. The molecule has 4 heterocycles. The number of carbonyl (C=O) groups is 5. The molecule has 81 heavy (non-hydrogen) atoms. The van der Waals surface area contributed by atoms with E-state index in [4.69, 9.17) is 55.5 Å². The molecule has 3 amide bonds. The summed E-state index contributed by atoms with van der Waals surface area (Å²) in [5, 5.41) is 16.4. The van der Waals surface area contributed by atoms with Crippen molar-refractivity contribution in [2.24, 2.45) is 17.2 Å². The predicted octanol–water partition coefficient (Wildman–Crippen LogP) is 1.98. The number of phosphoric ester groups is 2. The first-order valence-corrected chi connectivity index (χ1v) is 31.0. The van der Waals surface area contributed by atoms with Crippen LogP contribution < -0.4 is 33.6 Å². The Morgan fingerprint density at radius 3 is 1.91 bits per heavy atom. The Balaban J connectivity index is 1.25. The maximum absolute atomic E-state index is 13.6. The number of β-amino-alcohol motifs (C(OH)–C–C–N with tert-alkyl or cyclic N) is 1. The van der Waals surface area contributed by atoms with E-state index in [1.54, 1.807) is 0 Å². The Morgan fingerprint density at radius 2 is 1.30 bits per heavy atom. The highest BCUT2D eigenvalue weighted by Gasteiger charge is 2.44. The molecule has 2 fully saturated rings. The van der Waals surface area contributed by atoms with Crippen molar-refractivity contribution in [1.29, 1.82) is 0 Å². The number of aliphatic hydroxyl groups is 1. The minimum Gasteiger partial charge on any atom is -0.391 e. The number of nitrogens with one attached hydrogen (secondary N) is 2. The standard InChI is InChI=1S/C50H89N11O18P2/c1-72-80(68,69)77-31-42-41(28-46(78-42)61-36-58-47-48(54)56-35-57-49(47)61)79-81(70,71)76-30-37-27-40(64)29-60(37)45(67)16-7-5-3-2-4-6-15-44(66)59-50(32-73-24-17-38(62)13-8-10-20-51,33-74-25-18-39(63)14-9-11-21-52)34-75-26-19-43(65)55-23-12-22-53/h35-37,40-42,46,64H,2-34,51-53H2,1H3,(H,55,65)(H,59,66)(H,68,69)(H,70,71)(H2,54,56,57)/t37-,40+,41-,42+,46+/m0/s1. The van der Waals surface area contributed by atoms with Crippen LogP contribution in [0.25, 0.3) is 11.2 Å². The van der Waals surface area contributed by atoms with Crippen LogP contribution in [-0.2, 0) is 70.1 Å². The summed E-state index contributed by atoms with van der Waals surface area (Å²) >= 11 is 0. The smallest absolute Gasteiger partial charge is 0.391 e. The molecule has 0 bridgehead atoms. The van der Waals surface area contributed by atoms with E-state index < -0.39 is 65.0 Å². The van der Waals surface area contributed by atoms with Gasteiger partial charge in [-0.05, 0) is 71.0 Å². The number of hydrogen-bond acceptors (Lipinski definition) is 23. The van der Waals surface area contributed by atoms with Crippen LogP contribution >= 0.6 is 15.6 Å². The van der Waals surface area contributed by atoms with Gasteiger partial charge < -0.3 is 72.3 Å². The molecule has 0 aromatic carbocycles. The molecule has 0 aliphatic carbocycles. The molecule has 2 aliphatic heterocycles. The third-order valence-corrected chi connectivity index (χ3v) is 15.5. The highest BCUT2D eigenvalue weighted by molar-refractivity contribution is 7.47. The number of likely N-dealkylation sites (tertiary alicyclic amines) is 1. The van der Waals surface area contributed by atoms with Gasteiger partial charge in [0.2, 0.25) is 17.7 Å². The van der Waals surface area contributed by atoms with Crippen LogP contribution in [0.3, 0.4) is 0 Å². The van der Waals surface area contributed by atoms with Gasteiger partial charge in [-0.25, -0.2) is 24.1 Å². The maximum atomic E-state index is 13.6. The SMILES string of the molecule is COP(=O)(O)OC[C@H]1O[C@@H](n2cnc3c(N)ncnc32)C[C@@H]1OP(=O)(O)OC[C@@H]1C[C@@H](O)CN1C(=O)CCCCCCCCC(=O)NC(COCCC(=O)CCCCN)(COCCC(=O)CCCCN)COCCC(=O)NCCCN. The van der Waals surface area contributed by atoms with Gasteiger partial charge in [0, 0.05) is 71.6 Å². The first-order chi connectivity index (χ1) is 38.8. The molecule has 2 aromatic heterocycles. The number of fused-ring (bicyclic) bond motifs is 1. The number of ketones is 2. The second-order valence-corrected chi connectivity index (χ2v) is 23.3. The second kappa shape index (κ2) is 37.3. The van der Waals surface area contributed by atoms with Crippen LogP contribution in [0.5, 0.6) is 0 Å². The molecule has 29 nitrogen and oxygen atoms in total. The van der Waals surface area contributed by atoms with Gasteiger partial charge in [-0.3, -0.25) is 46.6 Å². The summed E-state index contributed by atoms with van der Waals surface area (Å²) in [6, 6.07) is -0.748. The Bertz CT molecular complexity index is 2250. The van der Waals surface area contributed by atoms with E-state index in [2.05, 4.69) is 30.1 Å². The van der Waals surface area contributed by atoms with Gasteiger partial charge in [0.1, 0.15) is 47.4 Å². The molecule has 31 heteroatoms. The zero-order chi connectivity index (χ0) is 59.1. The Hall–Kier alpha value is -4.00. The Labute approximate surface area is 473 Å². The average molecular weight is 1190 g/mol. The van der Waals surface area contributed by atoms with Crippen molar-refractivity contribution in [2.45, 2.75) is 165 Å². The lowest BCUT2D eigenvalue weighted by molar-refractivity contribution is -0.133. The third kappa shape index (κ3) is 26.2. The van der Waals surface area contributed by atoms with E-state index in [1.165, 1.54) is 22.1 Å². The van der Waals surface area contributed by atoms with Crippen molar-refractivity contribution >= 4 is 61.9 Å². The van der Waals surface area contributed by atoms with E-state index in [0.29, 0.717) is 89.6 Å². The summed E-state index contributed by atoms with van der Waals surface area (Å²) in [7, 11) is -8.43. The molecule has 2 saturated heterocycles. The fraction of sp³-hybridized carbons (Fsp3) is 0.800. The Kier molecular flexibility index (Phi) is 32.0. The van der Waals surface area contributed by atoms with Crippen molar-refractivity contribution in [3.63, 3.8) is 0 Å².